The zero-order chi connectivity index (χ0) is 20.6. The molecule has 6 nitrogen and oxygen atoms in total. The number of likely N-dealkylation sites (tertiary alicyclic amines) is 1. The molecule has 0 unspecified atom stereocenters. The van der Waals surface area contributed by atoms with Crippen molar-refractivity contribution in [2.75, 3.05) is 18.4 Å². The van der Waals surface area contributed by atoms with Crippen LogP contribution in [0.25, 0.3) is 0 Å². The Morgan fingerprint density at radius 1 is 1.29 bits per heavy atom. The molecule has 2 amide bonds. The molecule has 0 radical (unpaired) electrons. The molecule has 1 aliphatic rings. The number of hydrogen-bond donors (Lipinski definition) is 2. The number of alkyl halides is 4. The minimum absolute atomic E-state index is 0.0377. The third-order valence-corrected chi connectivity index (χ3v) is 4.90. The highest BCUT2D eigenvalue weighted by molar-refractivity contribution is 7.09. The topological polar surface area (TPSA) is 82.5 Å². The third kappa shape index (κ3) is 4.30. The summed E-state index contributed by atoms with van der Waals surface area (Å²) >= 11 is 1.20. The molecule has 0 spiro atoms. The van der Waals surface area contributed by atoms with E-state index in [1.807, 2.05) is 0 Å². The van der Waals surface area contributed by atoms with Gasteiger partial charge in [-0.3, -0.25) is 9.59 Å². The van der Waals surface area contributed by atoms with Crippen LogP contribution in [-0.4, -0.2) is 52.2 Å². The number of β-amino-alcohol motifs (C(OH)–C–C–N with tert-alkyl or cyclic N) is 1. The van der Waals surface area contributed by atoms with Gasteiger partial charge in [0.25, 0.3) is 11.8 Å². The fourth-order valence-electron chi connectivity index (χ4n) is 2.75. The Morgan fingerprint density at radius 2 is 2.00 bits per heavy atom. The lowest BCUT2D eigenvalue weighted by Gasteiger charge is -2.18. The van der Waals surface area contributed by atoms with Crippen molar-refractivity contribution in [1.29, 1.82) is 0 Å². The van der Waals surface area contributed by atoms with Gasteiger partial charge in [-0.2, -0.15) is 13.2 Å². The molecule has 2 heterocycles. The highest BCUT2D eigenvalue weighted by Gasteiger charge is 2.36. The van der Waals surface area contributed by atoms with E-state index in [0.29, 0.717) is 17.1 Å². The number of halogens is 4. The molecular weight excluding hydrogens is 402 g/mol. The number of aliphatic hydroxyl groups is 1. The molecular formula is C17H15F4N3O3S. The summed E-state index contributed by atoms with van der Waals surface area (Å²) in [6.07, 6.45) is -7.82. The molecule has 2 atom stereocenters. The minimum Gasteiger partial charge on any atom is -0.388 e. The van der Waals surface area contributed by atoms with Gasteiger partial charge in [-0.1, -0.05) is 0 Å². The van der Waals surface area contributed by atoms with Crippen LogP contribution in [0, 0.1) is 6.92 Å². The van der Waals surface area contributed by atoms with Gasteiger partial charge < -0.3 is 15.3 Å². The first kappa shape index (κ1) is 20.2. The number of hydrogen-bond acceptors (Lipinski definition) is 5. The van der Waals surface area contributed by atoms with Crippen LogP contribution in [0.3, 0.4) is 0 Å². The Balaban J connectivity index is 1.91. The van der Waals surface area contributed by atoms with Gasteiger partial charge in [0.2, 0.25) is 0 Å². The summed E-state index contributed by atoms with van der Waals surface area (Å²) in [5.74, 6) is -1.59. The number of carbonyl (C=O) groups excluding carboxylic acids is 2. The number of aliphatic hydroxyl groups excluding tert-OH is 1. The molecule has 1 aromatic carbocycles. The maximum absolute atomic E-state index is 13.5. The van der Waals surface area contributed by atoms with E-state index in [2.05, 4.69) is 10.3 Å². The standard InChI is InChI=1S/C17H15F4N3O3S/c1-8-22-13(7-28-8)15(26)23-11-3-9(2-10(4-11)17(19,20)21)16(27)24-5-12(18)14(25)6-24/h2-4,7,12,14,25H,5-6H2,1H3,(H,23,26)/t12-,14-/m1/s1. The number of benzene rings is 1. The van der Waals surface area contributed by atoms with Gasteiger partial charge in [-0.25, -0.2) is 9.37 Å². The number of anilines is 1. The summed E-state index contributed by atoms with van der Waals surface area (Å²) in [6.45, 7) is 0.928. The van der Waals surface area contributed by atoms with Crippen molar-refractivity contribution in [1.82, 2.24) is 9.88 Å². The van der Waals surface area contributed by atoms with Crippen molar-refractivity contribution in [3.63, 3.8) is 0 Å². The molecule has 1 aliphatic heterocycles. The average molecular weight is 417 g/mol. The number of thiazole rings is 1. The number of rotatable bonds is 3. The van der Waals surface area contributed by atoms with E-state index in [1.54, 1.807) is 6.92 Å². The van der Waals surface area contributed by atoms with Crippen molar-refractivity contribution in [3.05, 3.63) is 45.4 Å². The highest BCUT2D eigenvalue weighted by Crippen LogP contribution is 2.33. The Labute approximate surface area is 160 Å². The Morgan fingerprint density at radius 3 is 2.54 bits per heavy atom. The van der Waals surface area contributed by atoms with Crippen LogP contribution in [0.4, 0.5) is 23.2 Å². The molecule has 150 valence electrons. The predicted molar refractivity (Wildman–Crippen MR) is 93.1 cm³/mol. The molecule has 3 rings (SSSR count). The van der Waals surface area contributed by atoms with Crippen molar-refractivity contribution in [2.24, 2.45) is 0 Å². The van der Waals surface area contributed by atoms with Gasteiger partial charge >= 0.3 is 6.18 Å². The zero-order valence-electron chi connectivity index (χ0n) is 14.5. The van der Waals surface area contributed by atoms with Gasteiger partial charge in [0.05, 0.1) is 17.1 Å². The number of amides is 2. The number of carbonyl (C=O) groups is 2. The van der Waals surface area contributed by atoms with Crippen LogP contribution in [-0.2, 0) is 6.18 Å². The molecule has 0 aliphatic carbocycles. The normalized spacial score (nSPS) is 19.7. The molecule has 2 N–H and O–H groups in total. The van der Waals surface area contributed by atoms with Gasteiger partial charge in [0.1, 0.15) is 18.0 Å². The van der Waals surface area contributed by atoms with E-state index in [1.165, 1.54) is 16.7 Å². The number of aryl methyl sites for hydroxylation is 1. The zero-order valence-corrected chi connectivity index (χ0v) is 15.3. The van der Waals surface area contributed by atoms with Crippen molar-refractivity contribution < 1.29 is 32.3 Å². The maximum atomic E-state index is 13.5. The minimum atomic E-state index is -4.76. The van der Waals surface area contributed by atoms with Crippen LogP contribution in [0.15, 0.2) is 23.6 Å². The van der Waals surface area contributed by atoms with Crippen molar-refractivity contribution in [3.8, 4) is 0 Å². The van der Waals surface area contributed by atoms with E-state index in [4.69, 9.17) is 0 Å². The van der Waals surface area contributed by atoms with Gasteiger partial charge in [-0.15, -0.1) is 11.3 Å². The largest absolute Gasteiger partial charge is 0.416 e. The van der Waals surface area contributed by atoms with Crippen LogP contribution in [0.5, 0.6) is 0 Å². The molecule has 1 fully saturated rings. The van der Waals surface area contributed by atoms with Gasteiger partial charge in [0, 0.05) is 23.2 Å². The van der Waals surface area contributed by atoms with E-state index in [-0.39, 0.29) is 23.5 Å². The SMILES string of the molecule is Cc1nc(C(=O)Nc2cc(C(=O)N3C[C@@H](O)[C@H](F)C3)cc(C(F)(F)F)c2)cs1. The van der Waals surface area contributed by atoms with Crippen molar-refractivity contribution >= 4 is 28.8 Å². The summed E-state index contributed by atoms with van der Waals surface area (Å²) < 4.78 is 53.2. The number of aromatic nitrogens is 1. The number of nitrogens with zero attached hydrogens (tertiary/aromatic N) is 2. The maximum Gasteiger partial charge on any atom is 0.416 e. The second kappa shape index (κ2) is 7.47. The number of nitrogens with one attached hydrogen (secondary N) is 1. The summed E-state index contributed by atoms with van der Waals surface area (Å²) in [6, 6.07) is 2.40. The van der Waals surface area contributed by atoms with Gasteiger partial charge in [0.15, 0.2) is 0 Å². The lowest BCUT2D eigenvalue weighted by Crippen LogP contribution is -2.30. The summed E-state index contributed by atoms with van der Waals surface area (Å²) in [7, 11) is 0. The lowest BCUT2D eigenvalue weighted by atomic mass is 10.1. The van der Waals surface area contributed by atoms with Crippen LogP contribution < -0.4 is 5.32 Å². The van der Waals surface area contributed by atoms with E-state index < -0.39 is 42.4 Å². The second-order valence-corrected chi connectivity index (χ2v) is 7.36. The lowest BCUT2D eigenvalue weighted by molar-refractivity contribution is -0.137. The summed E-state index contributed by atoms with van der Waals surface area (Å²) in [4.78, 5) is 29.6. The highest BCUT2D eigenvalue weighted by atomic mass is 32.1. The monoisotopic (exact) mass is 417 g/mol. The first-order chi connectivity index (χ1) is 13.0. The first-order valence-electron chi connectivity index (χ1n) is 8.12. The molecule has 0 bridgehead atoms. The van der Waals surface area contributed by atoms with Gasteiger partial charge in [-0.05, 0) is 25.1 Å². The third-order valence-electron chi connectivity index (χ3n) is 4.12. The first-order valence-corrected chi connectivity index (χ1v) is 8.99. The van der Waals surface area contributed by atoms with Crippen LogP contribution >= 0.6 is 11.3 Å². The van der Waals surface area contributed by atoms with Crippen LogP contribution in [0.1, 0.15) is 31.4 Å². The Kier molecular flexibility index (Phi) is 5.39. The summed E-state index contributed by atoms with van der Waals surface area (Å²) in [5, 5.41) is 13.8. The van der Waals surface area contributed by atoms with Crippen molar-refractivity contribution in [2.45, 2.75) is 25.4 Å². The molecule has 11 heteroatoms. The van der Waals surface area contributed by atoms with Crippen LogP contribution in [0.2, 0.25) is 0 Å². The average Bonchev–Trinajstić information content (AvgIpc) is 3.19. The fourth-order valence-corrected chi connectivity index (χ4v) is 3.34. The predicted octanol–water partition coefficient (Wildman–Crippen LogP) is 2.88. The van der Waals surface area contributed by atoms with E-state index in [9.17, 15) is 32.3 Å². The smallest absolute Gasteiger partial charge is 0.388 e. The quantitative estimate of drug-likeness (QED) is 0.753. The second-order valence-electron chi connectivity index (χ2n) is 6.30. The molecule has 0 saturated carbocycles. The molecule has 2 aromatic rings. The Bertz CT molecular complexity index is 905. The molecule has 1 saturated heterocycles. The van der Waals surface area contributed by atoms with E-state index in [0.717, 1.165) is 11.0 Å². The summed E-state index contributed by atoms with van der Waals surface area (Å²) in [5.41, 5.74) is -1.72. The van der Waals surface area contributed by atoms with E-state index >= 15 is 0 Å². The fraction of sp³-hybridized carbons (Fsp3) is 0.353. The Hall–Kier alpha value is -2.53. The molecule has 1 aromatic heterocycles. The molecule has 28 heavy (non-hydrogen) atoms.